The molecule has 148 valence electrons. The molecular formula is C22H21N3O2S2. The van der Waals surface area contributed by atoms with Crippen LogP contribution in [0.25, 0.3) is 10.8 Å². The molecule has 1 unspecified atom stereocenters. The van der Waals surface area contributed by atoms with Crippen molar-refractivity contribution < 1.29 is 9.59 Å². The number of thiophene rings is 1. The Bertz CT molecular complexity index is 1130. The Morgan fingerprint density at radius 1 is 1.17 bits per heavy atom. The molecule has 2 amide bonds. The van der Waals surface area contributed by atoms with E-state index in [0.29, 0.717) is 22.0 Å². The summed E-state index contributed by atoms with van der Waals surface area (Å²) in [6, 6.07) is 13.2. The third kappa shape index (κ3) is 3.88. The molecule has 7 heteroatoms. The number of nitrogens with one attached hydrogen (secondary N) is 2. The lowest BCUT2D eigenvalue weighted by Crippen LogP contribution is -2.34. The minimum absolute atomic E-state index is 0.150. The molecule has 4 N–H and O–H groups in total. The lowest BCUT2D eigenvalue weighted by Gasteiger charge is -2.18. The van der Waals surface area contributed by atoms with Gasteiger partial charge in [0.05, 0.1) is 5.56 Å². The first kappa shape index (κ1) is 19.5. The molecule has 29 heavy (non-hydrogen) atoms. The quantitative estimate of drug-likeness (QED) is 0.550. The molecule has 0 radical (unpaired) electrons. The number of carbonyl (C=O) groups is 2. The Kier molecular flexibility index (Phi) is 5.34. The summed E-state index contributed by atoms with van der Waals surface area (Å²) < 4.78 is 0. The van der Waals surface area contributed by atoms with Crippen molar-refractivity contribution in [3.8, 4) is 0 Å². The number of hydrogen-bond acceptors (Lipinski definition) is 4. The molecule has 4 rings (SSSR count). The molecule has 3 aromatic rings. The van der Waals surface area contributed by atoms with Crippen LogP contribution in [0.15, 0.2) is 42.5 Å². The Labute approximate surface area is 178 Å². The van der Waals surface area contributed by atoms with Crippen molar-refractivity contribution in [2.24, 2.45) is 11.7 Å². The molecule has 1 aromatic heterocycles. The van der Waals surface area contributed by atoms with Crippen LogP contribution in [-0.2, 0) is 12.8 Å². The van der Waals surface area contributed by atoms with Gasteiger partial charge in [0.1, 0.15) is 5.00 Å². The van der Waals surface area contributed by atoms with Gasteiger partial charge in [-0.2, -0.15) is 0 Å². The first-order valence-corrected chi connectivity index (χ1v) is 10.7. The van der Waals surface area contributed by atoms with Crippen molar-refractivity contribution in [1.29, 1.82) is 0 Å². The van der Waals surface area contributed by atoms with Crippen LogP contribution in [0.5, 0.6) is 0 Å². The highest BCUT2D eigenvalue weighted by Gasteiger charge is 2.27. The van der Waals surface area contributed by atoms with Gasteiger partial charge in [0.15, 0.2) is 5.11 Å². The first-order chi connectivity index (χ1) is 13.9. The molecule has 1 heterocycles. The predicted molar refractivity (Wildman–Crippen MR) is 122 cm³/mol. The van der Waals surface area contributed by atoms with Gasteiger partial charge in [0.2, 0.25) is 0 Å². The lowest BCUT2D eigenvalue weighted by molar-refractivity contribution is 0.0977. The van der Waals surface area contributed by atoms with E-state index in [1.165, 1.54) is 16.2 Å². The van der Waals surface area contributed by atoms with Crippen LogP contribution < -0.4 is 16.4 Å². The molecule has 1 aliphatic rings. The molecule has 0 fully saturated rings. The maximum Gasteiger partial charge on any atom is 0.258 e. The maximum absolute atomic E-state index is 12.8. The number of primary amides is 1. The number of fused-ring (bicyclic) bond motifs is 2. The zero-order chi connectivity index (χ0) is 20.5. The summed E-state index contributed by atoms with van der Waals surface area (Å²) in [5, 5.41) is 8.36. The van der Waals surface area contributed by atoms with Crippen LogP contribution in [-0.4, -0.2) is 16.9 Å². The van der Waals surface area contributed by atoms with E-state index in [2.05, 4.69) is 17.6 Å². The van der Waals surface area contributed by atoms with Crippen LogP contribution in [0.4, 0.5) is 5.00 Å². The Morgan fingerprint density at radius 3 is 2.72 bits per heavy atom. The first-order valence-electron chi connectivity index (χ1n) is 9.48. The fourth-order valence-corrected chi connectivity index (χ4v) is 5.51. The Balaban J connectivity index is 1.56. The SMILES string of the molecule is CC1CCc2c(sc(NC(=S)NC(=O)c3cccc4ccccc34)c2C(N)=O)C1. The van der Waals surface area contributed by atoms with Crippen molar-refractivity contribution in [2.75, 3.05) is 5.32 Å². The average molecular weight is 424 g/mol. The highest BCUT2D eigenvalue weighted by Crippen LogP contribution is 2.39. The smallest absolute Gasteiger partial charge is 0.258 e. The number of anilines is 1. The van der Waals surface area contributed by atoms with Gasteiger partial charge in [-0.1, -0.05) is 43.3 Å². The van der Waals surface area contributed by atoms with Crippen LogP contribution in [0.2, 0.25) is 0 Å². The molecule has 0 saturated heterocycles. The topological polar surface area (TPSA) is 84.2 Å². The molecule has 0 bridgehead atoms. The normalized spacial score (nSPS) is 15.6. The second-order valence-electron chi connectivity index (χ2n) is 7.36. The van der Waals surface area contributed by atoms with E-state index in [9.17, 15) is 9.59 Å². The molecule has 2 aromatic carbocycles. The van der Waals surface area contributed by atoms with Crippen molar-refractivity contribution in [1.82, 2.24) is 5.32 Å². The molecule has 1 atom stereocenters. The van der Waals surface area contributed by atoms with Gasteiger partial charge in [0.25, 0.3) is 11.8 Å². The fourth-order valence-electron chi connectivity index (χ4n) is 3.83. The monoisotopic (exact) mass is 423 g/mol. The summed E-state index contributed by atoms with van der Waals surface area (Å²) in [7, 11) is 0. The summed E-state index contributed by atoms with van der Waals surface area (Å²) in [6.07, 6.45) is 2.80. The predicted octanol–water partition coefficient (Wildman–Crippen LogP) is 4.25. The molecule has 0 aliphatic heterocycles. The second-order valence-corrected chi connectivity index (χ2v) is 8.87. The summed E-state index contributed by atoms with van der Waals surface area (Å²) >= 11 is 6.85. The van der Waals surface area contributed by atoms with Crippen LogP contribution in [0.1, 0.15) is 44.5 Å². The van der Waals surface area contributed by atoms with Gasteiger partial charge in [-0.15, -0.1) is 11.3 Å². The second kappa shape index (κ2) is 7.93. The van der Waals surface area contributed by atoms with Gasteiger partial charge in [-0.25, -0.2) is 0 Å². The summed E-state index contributed by atoms with van der Waals surface area (Å²) in [5.41, 5.74) is 7.71. The van der Waals surface area contributed by atoms with Crippen LogP contribution in [0.3, 0.4) is 0 Å². The number of benzene rings is 2. The van der Waals surface area contributed by atoms with Crippen molar-refractivity contribution in [3.63, 3.8) is 0 Å². The summed E-state index contributed by atoms with van der Waals surface area (Å²) in [5.74, 6) is -0.189. The van der Waals surface area contributed by atoms with E-state index in [0.717, 1.165) is 35.6 Å². The van der Waals surface area contributed by atoms with E-state index < -0.39 is 5.91 Å². The Hall–Kier alpha value is -2.77. The number of carbonyl (C=O) groups excluding carboxylic acids is 2. The minimum atomic E-state index is -0.470. The molecular weight excluding hydrogens is 402 g/mol. The van der Waals surface area contributed by atoms with Gasteiger partial charge in [0, 0.05) is 10.4 Å². The number of thiocarbonyl (C=S) groups is 1. The van der Waals surface area contributed by atoms with Crippen molar-refractivity contribution in [2.45, 2.75) is 26.2 Å². The van der Waals surface area contributed by atoms with Gasteiger partial charge >= 0.3 is 0 Å². The largest absolute Gasteiger partial charge is 0.365 e. The van der Waals surface area contributed by atoms with Crippen LogP contribution >= 0.6 is 23.6 Å². The van der Waals surface area contributed by atoms with E-state index in [-0.39, 0.29) is 11.0 Å². The number of amides is 2. The van der Waals surface area contributed by atoms with Gasteiger partial charge < -0.3 is 11.1 Å². The molecule has 1 aliphatic carbocycles. The van der Waals surface area contributed by atoms with Crippen LogP contribution in [0, 0.1) is 5.92 Å². The molecule has 0 saturated carbocycles. The number of hydrogen-bond donors (Lipinski definition) is 3. The van der Waals surface area contributed by atoms with E-state index in [1.54, 1.807) is 6.07 Å². The number of nitrogens with two attached hydrogens (primary N) is 1. The van der Waals surface area contributed by atoms with Gasteiger partial charge in [-0.05, 0) is 59.8 Å². The highest BCUT2D eigenvalue weighted by molar-refractivity contribution is 7.80. The third-order valence-corrected chi connectivity index (χ3v) is 6.62. The standard InChI is InChI=1S/C22H21N3O2S2/c1-12-9-10-16-17(11-12)29-21(18(16)19(23)26)25-22(28)24-20(27)15-8-4-6-13-5-2-3-7-14(13)15/h2-8,12H,9-11H2,1H3,(H2,23,26)(H2,24,25,27,28). The maximum atomic E-state index is 12.8. The summed E-state index contributed by atoms with van der Waals surface area (Å²) in [6.45, 7) is 2.20. The lowest BCUT2D eigenvalue weighted by atomic mass is 9.88. The van der Waals surface area contributed by atoms with Gasteiger partial charge in [-0.3, -0.25) is 14.9 Å². The average Bonchev–Trinajstić information content (AvgIpc) is 3.04. The van der Waals surface area contributed by atoms with E-state index >= 15 is 0 Å². The zero-order valence-electron chi connectivity index (χ0n) is 16.0. The van der Waals surface area contributed by atoms with E-state index in [1.807, 2.05) is 36.4 Å². The zero-order valence-corrected chi connectivity index (χ0v) is 17.6. The molecule has 0 spiro atoms. The molecule has 5 nitrogen and oxygen atoms in total. The third-order valence-electron chi connectivity index (χ3n) is 5.25. The Morgan fingerprint density at radius 2 is 1.93 bits per heavy atom. The minimum Gasteiger partial charge on any atom is -0.365 e. The van der Waals surface area contributed by atoms with Crippen molar-refractivity contribution in [3.05, 3.63) is 64.0 Å². The van der Waals surface area contributed by atoms with E-state index in [4.69, 9.17) is 18.0 Å². The fraction of sp³-hybridized carbons (Fsp3) is 0.227. The van der Waals surface area contributed by atoms with Crippen molar-refractivity contribution >= 4 is 56.3 Å². The summed E-state index contributed by atoms with van der Waals surface area (Å²) in [4.78, 5) is 26.0. The number of rotatable bonds is 3. The highest BCUT2D eigenvalue weighted by atomic mass is 32.1.